The highest BCUT2D eigenvalue weighted by Gasteiger charge is 2.26. The second-order valence-corrected chi connectivity index (χ2v) is 6.17. The Kier molecular flexibility index (Phi) is 4.87. The van der Waals surface area contributed by atoms with Gasteiger partial charge in [-0.25, -0.2) is 0 Å². The number of rotatable bonds is 4. The second-order valence-electron chi connectivity index (χ2n) is 6.17. The lowest BCUT2D eigenvalue weighted by molar-refractivity contribution is 0.216. The van der Waals surface area contributed by atoms with Crippen molar-refractivity contribution in [3.63, 3.8) is 0 Å². The van der Waals surface area contributed by atoms with E-state index in [1.807, 2.05) is 6.07 Å². The van der Waals surface area contributed by atoms with Gasteiger partial charge in [0.15, 0.2) is 0 Å². The third-order valence-electron chi connectivity index (χ3n) is 4.52. The SMILES string of the molecule is COc1cccc([C@@H](C)NC2CC(C)CCC2C)c1. The average Bonchev–Trinajstić information content (AvgIpc) is 2.43. The van der Waals surface area contributed by atoms with Crippen LogP contribution in [0.5, 0.6) is 5.75 Å². The molecule has 0 aromatic heterocycles. The van der Waals surface area contributed by atoms with Gasteiger partial charge in [-0.1, -0.05) is 32.4 Å². The maximum Gasteiger partial charge on any atom is 0.119 e. The molecule has 2 heteroatoms. The molecule has 106 valence electrons. The van der Waals surface area contributed by atoms with E-state index in [-0.39, 0.29) is 0 Å². The highest BCUT2D eigenvalue weighted by Crippen LogP contribution is 2.30. The summed E-state index contributed by atoms with van der Waals surface area (Å²) < 4.78 is 5.31. The van der Waals surface area contributed by atoms with Gasteiger partial charge in [-0.05, 0) is 49.3 Å². The standard InChI is InChI=1S/C17H27NO/c1-12-8-9-13(2)17(10-12)18-14(3)15-6-5-7-16(11-15)19-4/h5-7,11-14,17-18H,8-10H2,1-4H3/t12?,13?,14-,17?/m1/s1. The van der Waals surface area contributed by atoms with Crippen LogP contribution in [0.3, 0.4) is 0 Å². The Bertz CT molecular complexity index is 404. The Hall–Kier alpha value is -1.02. The Morgan fingerprint density at radius 3 is 2.79 bits per heavy atom. The van der Waals surface area contributed by atoms with E-state index in [4.69, 9.17) is 4.74 Å². The summed E-state index contributed by atoms with van der Waals surface area (Å²) in [6.07, 6.45) is 4.03. The minimum absolute atomic E-state index is 0.382. The minimum Gasteiger partial charge on any atom is -0.497 e. The Balaban J connectivity index is 2.01. The van der Waals surface area contributed by atoms with Gasteiger partial charge in [-0.2, -0.15) is 0 Å². The summed E-state index contributed by atoms with van der Waals surface area (Å²) in [5, 5.41) is 3.81. The van der Waals surface area contributed by atoms with Gasteiger partial charge < -0.3 is 10.1 Å². The molecule has 4 atom stereocenters. The molecule has 1 aliphatic rings. The van der Waals surface area contributed by atoms with Gasteiger partial charge in [-0.3, -0.25) is 0 Å². The minimum atomic E-state index is 0.382. The van der Waals surface area contributed by atoms with Crippen molar-refractivity contribution < 1.29 is 4.74 Å². The molecule has 0 radical (unpaired) electrons. The maximum atomic E-state index is 5.31. The van der Waals surface area contributed by atoms with Crippen LogP contribution in [0.1, 0.15) is 51.6 Å². The number of benzene rings is 1. The lowest BCUT2D eigenvalue weighted by Crippen LogP contribution is -2.40. The number of hydrogen-bond acceptors (Lipinski definition) is 2. The van der Waals surface area contributed by atoms with Crippen LogP contribution in [0.2, 0.25) is 0 Å². The second kappa shape index (κ2) is 6.42. The van der Waals surface area contributed by atoms with Gasteiger partial charge >= 0.3 is 0 Å². The predicted molar refractivity (Wildman–Crippen MR) is 80.5 cm³/mol. The number of ether oxygens (including phenoxy) is 1. The van der Waals surface area contributed by atoms with Gasteiger partial charge in [0, 0.05) is 12.1 Å². The van der Waals surface area contributed by atoms with Crippen LogP contribution in [0.25, 0.3) is 0 Å². The van der Waals surface area contributed by atoms with Crippen molar-refractivity contribution in [3.05, 3.63) is 29.8 Å². The fraction of sp³-hybridized carbons (Fsp3) is 0.647. The van der Waals surface area contributed by atoms with E-state index in [1.165, 1.54) is 24.8 Å². The predicted octanol–water partition coefficient (Wildman–Crippen LogP) is 4.17. The summed E-state index contributed by atoms with van der Waals surface area (Å²) in [5.74, 6) is 2.58. The zero-order valence-corrected chi connectivity index (χ0v) is 12.6. The number of hydrogen-bond donors (Lipinski definition) is 1. The Morgan fingerprint density at radius 1 is 1.26 bits per heavy atom. The third kappa shape index (κ3) is 3.73. The molecular formula is C17H27NO. The monoisotopic (exact) mass is 261 g/mol. The van der Waals surface area contributed by atoms with E-state index >= 15 is 0 Å². The molecule has 0 spiro atoms. The largest absolute Gasteiger partial charge is 0.497 e. The van der Waals surface area contributed by atoms with Gasteiger partial charge in [0.05, 0.1) is 7.11 Å². The molecule has 19 heavy (non-hydrogen) atoms. The molecule has 0 aliphatic heterocycles. The first-order valence-electron chi connectivity index (χ1n) is 7.50. The van der Waals surface area contributed by atoms with E-state index in [0.717, 1.165) is 17.6 Å². The summed E-state index contributed by atoms with van der Waals surface area (Å²) in [4.78, 5) is 0. The zero-order chi connectivity index (χ0) is 13.8. The van der Waals surface area contributed by atoms with Gasteiger partial charge in [0.25, 0.3) is 0 Å². The first kappa shape index (κ1) is 14.4. The van der Waals surface area contributed by atoms with Crippen molar-refractivity contribution in [1.82, 2.24) is 5.32 Å². The molecule has 0 saturated heterocycles. The van der Waals surface area contributed by atoms with Crippen LogP contribution in [0, 0.1) is 11.8 Å². The topological polar surface area (TPSA) is 21.3 Å². The van der Waals surface area contributed by atoms with Crippen molar-refractivity contribution in [3.8, 4) is 5.75 Å². The fourth-order valence-electron chi connectivity index (χ4n) is 3.09. The first-order valence-corrected chi connectivity index (χ1v) is 7.50. The lowest BCUT2D eigenvalue weighted by Gasteiger charge is -2.35. The Morgan fingerprint density at radius 2 is 2.05 bits per heavy atom. The fourth-order valence-corrected chi connectivity index (χ4v) is 3.09. The molecule has 0 heterocycles. The Labute approximate surface area is 117 Å². The third-order valence-corrected chi connectivity index (χ3v) is 4.52. The van der Waals surface area contributed by atoms with Gasteiger partial charge in [-0.15, -0.1) is 0 Å². The average molecular weight is 261 g/mol. The quantitative estimate of drug-likeness (QED) is 0.878. The number of methoxy groups -OCH3 is 1. The van der Waals surface area contributed by atoms with Crippen molar-refractivity contribution in [2.45, 2.75) is 52.1 Å². The van der Waals surface area contributed by atoms with Crippen LogP contribution in [-0.2, 0) is 0 Å². The van der Waals surface area contributed by atoms with Crippen LogP contribution in [-0.4, -0.2) is 13.2 Å². The lowest BCUT2D eigenvalue weighted by atomic mass is 9.79. The van der Waals surface area contributed by atoms with E-state index in [2.05, 4.69) is 44.3 Å². The summed E-state index contributed by atoms with van der Waals surface area (Å²) in [6, 6.07) is 9.41. The maximum absolute atomic E-state index is 5.31. The van der Waals surface area contributed by atoms with Crippen LogP contribution in [0.15, 0.2) is 24.3 Å². The molecule has 1 aromatic rings. The molecule has 1 aliphatic carbocycles. The normalized spacial score (nSPS) is 28.9. The highest BCUT2D eigenvalue weighted by molar-refractivity contribution is 5.30. The smallest absolute Gasteiger partial charge is 0.119 e. The number of nitrogens with one attached hydrogen (secondary N) is 1. The summed E-state index contributed by atoms with van der Waals surface area (Å²) in [6.45, 7) is 7.00. The first-order chi connectivity index (χ1) is 9.10. The van der Waals surface area contributed by atoms with Crippen molar-refractivity contribution in [2.75, 3.05) is 7.11 Å². The molecule has 3 unspecified atom stereocenters. The van der Waals surface area contributed by atoms with Gasteiger partial charge in [0.1, 0.15) is 5.75 Å². The summed E-state index contributed by atoms with van der Waals surface area (Å²) >= 11 is 0. The summed E-state index contributed by atoms with van der Waals surface area (Å²) in [7, 11) is 1.72. The molecule has 0 bridgehead atoms. The molecule has 2 rings (SSSR count). The van der Waals surface area contributed by atoms with Crippen LogP contribution >= 0.6 is 0 Å². The van der Waals surface area contributed by atoms with E-state index < -0.39 is 0 Å². The molecule has 1 aromatic carbocycles. The molecule has 0 amide bonds. The van der Waals surface area contributed by atoms with Crippen molar-refractivity contribution >= 4 is 0 Å². The highest BCUT2D eigenvalue weighted by atomic mass is 16.5. The van der Waals surface area contributed by atoms with Crippen LogP contribution in [0.4, 0.5) is 0 Å². The van der Waals surface area contributed by atoms with Crippen molar-refractivity contribution in [1.29, 1.82) is 0 Å². The van der Waals surface area contributed by atoms with E-state index in [9.17, 15) is 0 Å². The molecular weight excluding hydrogens is 234 g/mol. The van der Waals surface area contributed by atoms with Crippen molar-refractivity contribution in [2.24, 2.45) is 11.8 Å². The van der Waals surface area contributed by atoms with Crippen LogP contribution < -0.4 is 10.1 Å². The molecule has 1 N–H and O–H groups in total. The molecule has 2 nitrogen and oxygen atoms in total. The van der Waals surface area contributed by atoms with E-state index in [0.29, 0.717) is 12.1 Å². The zero-order valence-electron chi connectivity index (χ0n) is 12.6. The molecule has 1 fully saturated rings. The van der Waals surface area contributed by atoms with Gasteiger partial charge in [0.2, 0.25) is 0 Å². The molecule has 1 saturated carbocycles. The van der Waals surface area contributed by atoms with E-state index in [1.54, 1.807) is 7.11 Å². The summed E-state index contributed by atoms with van der Waals surface area (Å²) in [5.41, 5.74) is 1.31.